The van der Waals surface area contributed by atoms with E-state index in [9.17, 15) is 4.79 Å². The first-order valence-corrected chi connectivity index (χ1v) is 3.99. The number of aliphatic carboxylic acids is 1. The summed E-state index contributed by atoms with van der Waals surface area (Å²) in [6, 6.07) is 0. The molecule has 0 bridgehead atoms. The van der Waals surface area contributed by atoms with Crippen LogP contribution in [0.4, 0.5) is 0 Å². The van der Waals surface area contributed by atoms with Gasteiger partial charge in [0, 0.05) is 18.7 Å². The molecule has 0 rings (SSSR count). The Morgan fingerprint density at radius 2 is 2.15 bits per heavy atom. The van der Waals surface area contributed by atoms with Crippen LogP contribution in [-0.2, 0) is 9.53 Å². The van der Waals surface area contributed by atoms with E-state index in [4.69, 9.17) is 14.9 Å². The number of carboxylic acid groups (broad SMARTS) is 1. The monoisotopic (exact) mass is 189 g/mol. The van der Waals surface area contributed by atoms with Gasteiger partial charge in [0.2, 0.25) is 0 Å². The van der Waals surface area contributed by atoms with E-state index in [-0.39, 0.29) is 18.7 Å². The van der Waals surface area contributed by atoms with Gasteiger partial charge in [-0.25, -0.2) is 4.79 Å². The molecule has 0 amide bonds. The van der Waals surface area contributed by atoms with Crippen LogP contribution in [0.25, 0.3) is 0 Å². The average Bonchev–Trinajstić information content (AvgIpc) is 2.10. The minimum absolute atomic E-state index is 0.00182. The first-order chi connectivity index (χ1) is 6.18. The molecule has 0 aliphatic rings. The summed E-state index contributed by atoms with van der Waals surface area (Å²) in [5.41, 5.74) is 0.127. The Hall–Kier alpha value is -0.910. The number of ether oxygens (including phenoxy) is 1. The SMILES string of the molecule is C=C(CNCCOCCO)C(=O)O. The molecule has 0 spiro atoms. The summed E-state index contributed by atoms with van der Waals surface area (Å²) in [5.74, 6) is -0.997. The average molecular weight is 189 g/mol. The van der Waals surface area contributed by atoms with Gasteiger partial charge in [0.1, 0.15) is 0 Å². The van der Waals surface area contributed by atoms with Crippen LogP contribution in [0.15, 0.2) is 12.2 Å². The highest BCUT2D eigenvalue weighted by Crippen LogP contribution is 1.85. The predicted molar refractivity (Wildman–Crippen MR) is 47.6 cm³/mol. The number of hydrogen-bond donors (Lipinski definition) is 3. The second kappa shape index (κ2) is 7.72. The normalized spacial score (nSPS) is 9.92. The second-order valence-corrected chi connectivity index (χ2v) is 2.42. The van der Waals surface area contributed by atoms with Crippen molar-refractivity contribution in [3.05, 3.63) is 12.2 Å². The lowest BCUT2D eigenvalue weighted by atomic mass is 10.3. The van der Waals surface area contributed by atoms with E-state index in [1.165, 1.54) is 0 Å². The summed E-state index contributed by atoms with van der Waals surface area (Å²) in [6.45, 7) is 4.90. The molecule has 0 aromatic heterocycles. The minimum Gasteiger partial charge on any atom is -0.478 e. The van der Waals surface area contributed by atoms with Crippen LogP contribution in [0.1, 0.15) is 0 Å². The molecule has 5 nitrogen and oxygen atoms in total. The Morgan fingerprint density at radius 3 is 2.69 bits per heavy atom. The Balaban J connectivity index is 3.16. The van der Waals surface area contributed by atoms with E-state index in [1.807, 2.05) is 0 Å². The van der Waals surface area contributed by atoms with E-state index >= 15 is 0 Å². The molecule has 0 aromatic rings. The number of rotatable bonds is 8. The Morgan fingerprint density at radius 1 is 1.46 bits per heavy atom. The van der Waals surface area contributed by atoms with Gasteiger partial charge < -0.3 is 20.3 Å². The summed E-state index contributed by atoms with van der Waals surface area (Å²) in [5, 5.41) is 19.6. The number of nitrogens with one attached hydrogen (secondary N) is 1. The molecule has 0 radical (unpaired) electrons. The highest BCUT2D eigenvalue weighted by atomic mass is 16.5. The molecule has 0 aliphatic heterocycles. The topological polar surface area (TPSA) is 78.8 Å². The highest BCUT2D eigenvalue weighted by Gasteiger charge is 2.01. The number of hydrogen-bond acceptors (Lipinski definition) is 4. The van der Waals surface area contributed by atoms with Crippen LogP contribution in [0.2, 0.25) is 0 Å². The quantitative estimate of drug-likeness (QED) is 0.345. The number of carbonyl (C=O) groups is 1. The molecule has 3 N–H and O–H groups in total. The molecule has 5 heteroatoms. The third-order valence-corrected chi connectivity index (χ3v) is 1.30. The molecule has 0 heterocycles. The van der Waals surface area contributed by atoms with Crippen molar-refractivity contribution in [1.82, 2.24) is 5.32 Å². The lowest BCUT2D eigenvalue weighted by Crippen LogP contribution is -2.24. The fourth-order valence-corrected chi connectivity index (χ4v) is 0.626. The van der Waals surface area contributed by atoms with Crippen molar-refractivity contribution >= 4 is 5.97 Å². The molecule has 0 fully saturated rings. The molecule has 0 aliphatic carbocycles. The zero-order valence-electron chi connectivity index (χ0n) is 7.45. The standard InChI is InChI=1S/C8H15NO4/c1-7(8(11)12)6-9-2-4-13-5-3-10/h9-10H,1-6H2,(H,11,12). The molecular weight excluding hydrogens is 174 g/mol. The maximum absolute atomic E-state index is 10.3. The van der Waals surface area contributed by atoms with Crippen LogP contribution < -0.4 is 5.32 Å². The number of aliphatic hydroxyl groups excluding tert-OH is 1. The molecule has 0 saturated carbocycles. The van der Waals surface area contributed by atoms with Crippen molar-refractivity contribution in [2.45, 2.75) is 0 Å². The van der Waals surface area contributed by atoms with Gasteiger partial charge in [-0.15, -0.1) is 0 Å². The maximum atomic E-state index is 10.3. The van der Waals surface area contributed by atoms with Crippen molar-refractivity contribution < 1.29 is 19.7 Å². The Labute approximate surface area is 77.0 Å². The molecular formula is C8H15NO4. The van der Waals surface area contributed by atoms with Crippen LogP contribution in [0.3, 0.4) is 0 Å². The first-order valence-electron chi connectivity index (χ1n) is 3.99. The van der Waals surface area contributed by atoms with E-state index in [2.05, 4.69) is 11.9 Å². The Bertz CT molecular complexity index is 170. The summed E-state index contributed by atoms with van der Waals surface area (Å²) in [6.07, 6.45) is 0. The van der Waals surface area contributed by atoms with Crippen LogP contribution in [-0.4, -0.2) is 49.1 Å². The van der Waals surface area contributed by atoms with E-state index in [0.29, 0.717) is 19.8 Å². The smallest absolute Gasteiger partial charge is 0.332 e. The minimum atomic E-state index is -0.997. The van der Waals surface area contributed by atoms with Crippen LogP contribution >= 0.6 is 0 Å². The third-order valence-electron chi connectivity index (χ3n) is 1.30. The largest absolute Gasteiger partial charge is 0.478 e. The van der Waals surface area contributed by atoms with Gasteiger partial charge in [-0.05, 0) is 0 Å². The Kier molecular flexibility index (Phi) is 7.18. The molecule has 0 atom stereocenters. The molecule has 76 valence electrons. The summed E-state index contributed by atoms with van der Waals surface area (Å²) < 4.78 is 4.94. The second-order valence-electron chi connectivity index (χ2n) is 2.42. The van der Waals surface area contributed by atoms with E-state index in [0.717, 1.165) is 0 Å². The fourth-order valence-electron chi connectivity index (χ4n) is 0.626. The summed E-state index contributed by atoms with van der Waals surface area (Å²) in [7, 11) is 0. The predicted octanol–water partition coefficient (Wildman–Crippen LogP) is -0.774. The van der Waals surface area contributed by atoms with Gasteiger partial charge in [0.15, 0.2) is 0 Å². The van der Waals surface area contributed by atoms with Crippen molar-refractivity contribution in [1.29, 1.82) is 0 Å². The molecule has 0 saturated heterocycles. The lowest BCUT2D eigenvalue weighted by Gasteiger charge is -2.04. The van der Waals surface area contributed by atoms with Crippen molar-refractivity contribution in [2.75, 3.05) is 32.9 Å². The molecule has 13 heavy (non-hydrogen) atoms. The zero-order chi connectivity index (χ0) is 10.1. The molecule has 0 unspecified atom stereocenters. The van der Waals surface area contributed by atoms with Crippen molar-refractivity contribution in [3.8, 4) is 0 Å². The van der Waals surface area contributed by atoms with Gasteiger partial charge in [-0.3, -0.25) is 0 Å². The zero-order valence-corrected chi connectivity index (χ0v) is 7.45. The van der Waals surface area contributed by atoms with Gasteiger partial charge in [-0.2, -0.15) is 0 Å². The van der Waals surface area contributed by atoms with Gasteiger partial charge in [0.25, 0.3) is 0 Å². The number of aliphatic hydroxyl groups is 1. The first kappa shape index (κ1) is 12.1. The van der Waals surface area contributed by atoms with Crippen LogP contribution in [0, 0.1) is 0 Å². The van der Waals surface area contributed by atoms with Gasteiger partial charge in [-0.1, -0.05) is 6.58 Å². The fraction of sp³-hybridized carbons (Fsp3) is 0.625. The molecule has 0 aromatic carbocycles. The van der Waals surface area contributed by atoms with Crippen LogP contribution in [0.5, 0.6) is 0 Å². The highest BCUT2D eigenvalue weighted by molar-refractivity contribution is 5.86. The number of carboxylic acids is 1. The summed E-state index contributed by atoms with van der Waals surface area (Å²) in [4.78, 5) is 10.3. The van der Waals surface area contributed by atoms with Gasteiger partial charge >= 0.3 is 5.97 Å². The van der Waals surface area contributed by atoms with E-state index < -0.39 is 5.97 Å². The lowest BCUT2D eigenvalue weighted by molar-refractivity contribution is -0.132. The van der Waals surface area contributed by atoms with Crippen molar-refractivity contribution in [3.63, 3.8) is 0 Å². The third kappa shape index (κ3) is 7.45. The van der Waals surface area contributed by atoms with Gasteiger partial charge in [0.05, 0.1) is 19.8 Å². The van der Waals surface area contributed by atoms with E-state index in [1.54, 1.807) is 0 Å². The summed E-state index contributed by atoms with van der Waals surface area (Å²) >= 11 is 0. The maximum Gasteiger partial charge on any atom is 0.332 e. The van der Waals surface area contributed by atoms with Crippen molar-refractivity contribution in [2.24, 2.45) is 0 Å².